The third kappa shape index (κ3) is 3.63. The van der Waals surface area contributed by atoms with E-state index in [2.05, 4.69) is 39.1 Å². The molecule has 3 heteroatoms. The number of alkyl halides is 1. The van der Waals surface area contributed by atoms with Crippen molar-refractivity contribution in [3.63, 3.8) is 0 Å². The maximum atomic E-state index is 5.99. The van der Waals surface area contributed by atoms with Gasteiger partial charge in [0.1, 0.15) is 11.9 Å². The van der Waals surface area contributed by atoms with Gasteiger partial charge in [-0.25, -0.2) is 0 Å². The molecule has 16 heavy (non-hydrogen) atoms. The van der Waals surface area contributed by atoms with Gasteiger partial charge in [-0.15, -0.1) is 0 Å². The number of nitrogens with zero attached hydrogens (tertiary/aromatic N) is 1. The maximum absolute atomic E-state index is 5.99. The zero-order chi connectivity index (χ0) is 11.2. The van der Waals surface area contributed by atoms with Crippen molar-refractivity contribution in [1.29, 1.82) is 0 Å². The van der Waals surface area contributed by atoms with E-state index in [1.54, 1.807) is 0 Å². The molecule has 1 aliphatic carbocycles. The average Bonchev–Trinajstić information content (AvgIpc) is 2.33. The molecule has 0 bridgehead atoms. The SMILES string of the molecule is BrCCN1CCC(OC2=CCCC=C2)CC1. The summed E-state index contributed by atoms with van der Waals surface area (Å²) >= 11 is 3.49. The second-order valence-corrected chi connectivity index (χ2v) is 5.23. The molecule has 0 spiro atoms. The van der Waals surface area contributed by atoms with Crippen LogP contribution in [0.25, 0.3) is 0 Å². The molecular weight excluding hydrogens is 266 g/mol. The van der Waals surface area contributed by atoms with E-state index >= 15 is 0 Å². The highest BCUT2D eigenvalue weighted by atomic mass is 79.9. The molecule has 0 N–H and O–H groups in total. The Balaban J connectivity index is 1.72. The smallest absolute Gasteiger partial charge is 0.115 e. The van der Waals surface area contributed by atoms with Crippen LogP contribution in [0, 0.1) is 0 Å². The summed E-state index contributed by atoms with van der Waals surface area (Å²) in [5.74, 6) is 1.09. The van der Waals surface area contributed by atoms with Crippen molar-refractivity contribution in [2.24, 2.45) is 0 Å². The molecule has 90 valence electrons. The minimum Gasteiger partial charge on any atom is -0.491 e. The van der Waals surface area contributed by atoms with Crippen LogP contribution in [0.15, 0.2) is 24.0 Å². The highest BCUT2D eigenvalue weighted by molar-refractivity contribution is 9.09. The van der Waals surface area contributed by atoms with Gasteiger partial charge in [-0.3, -0.25) is 0 Å². The standard InChI is InChI=1S/C13H20BrNO/c14-8-11-15-9-6-13(7-10-15)16-12-4-2-1-3-5-12/h2,4-5,13H,1,3,6-11H2. The van der Waals surface area contributed by atoms with Gasteiger partial charge in [0, 0.05) is 25.0 Å². The molecule has 1 aliphatic heterocycles. The van der Waals surface area contributed by atoms with Crippen molar-refractivity contribution in [3.05, 3.63) is 24.0 Å². The molecule has 0 unspecified atom stereocenters. The molecule has 0 radical (unpaired) electrons. The molecule has 2 rings (SSSR count). The van der Waals surface area contributed by atoms with Gasteiger partial charge in [0.25, 0.3) is 0 Å². The number of halogens is 1. The van der Waals surface area contributed by atoms with Crippen LogP contribution >= 0.6 is 15.9 Å². The quantitative estimate of drug-likeness (QED) is 0.736. The fraction of sp³-hybridized carbons (Fsp3) is 0.692. The Labute approximate surface area is 106 Å². The van der Waals surface area contributed by atoms with E-state index in [1.807, 2.05) is 0 Å². The summed E-state index contributed by atoms with van der Waals surface area (Å²) in [5.41, 5.74) is 0. The average molecular weight is 286 g/mol. The van der Waals surface area contributed by atoms with Crippen LogP contribution in [0.5, 0.6) is 0 Å². The van der Waals surface area contributed by atoms with Crippen molar-refractivity contribution in [2.75, 3.05) is 25.0 Å². The summed E-state index contributed by atoms with van der Waals surface area (Å²) in [4.78, 5) is 2.50. The molecule has 0 aromatic carbocycles. The Hall–Kier alpha value is -0.280. The lowest BCUT2D eigenvalue weighted by atomic mass is 10.1. The first kappa shape index (κ1) is 12.2. The number of ether oxygens (including phenoxy) is 1. The van der Waals surface area contributed by atoms with Gasteiger partial charge in [-0.2, -0.15) is 0 Å². The number of hydrogen-bond donors (Lipinski definition) is 0. The van der Waals surface area contributed by atoms with Gasteiger partial charge in [0.2, 0.25) is 0 Å². The van der Waals surface area contributed by atoms with Gasteiger partial charge in [-0.1, -0.05) is 22.0 Å². The van der Waals surface area contributed by atoms with E-state index in [-0.39, 0.29) is 0 Å². The normalized spacial score (nSPS) is 23.2. The minimum atomic E-state index is 0.431. The van der Waals surface area contributed by atoms with Crippen LogP contribution in [0.3, 0.4) is 0 Å². The Morgan fingerprint density at radius 2 is 2.12 bits per heavy atom. The predicted molar refractivity (Wildman–Crippen MR) is 70.8 cm³/mol. The van der Waals surface area contributed by atoms with Crippen molar-refractivity contribution in [2.45, 2.75) is 31.8 Å². The van der Waals surface area contributed by atoms with Crippen LogP contribution in [0.4, 0.5) is 0 Å². The second kappa shape index (κ2) is 6.45. The Morgan fingerprint density at radius 3 is 2.75 bits per heavy atom. The molecule has 0 aromatic heterocycles. The maximum Gasteiger partial charge on any atom is 0.115 e. The van der Waals surface area contributed by atoms with Gasteiger partial charge in [0.15, 0.2) is 0 Å². The monoisotopic (exact) mass is 285 g/mol. The summed E-state index contributed by atoms with van der Waals surface area (Å²) < 4.78 is 5.99. The van der Waals surface area contributed by atoms with Crippen molar-refractivity contribution in [1.82, 2.24) is 4.90 Å². The largest absolute Gasteiger partial charge is 0.491 e. The summed E-state index contributed by atoms with van der Waals surface area (Å²) in [6.07, 6.45) is 11.6. The van der Waals surface area contributed by atoms with Crippen molar-refractivity contribution < 1.29 is 4.74 Å². The summed E-state index contributed by atoms with van der Waals surface area (Å²) in [5, 5.41) is 1.08. The second-order valence-electron chi connectivity index (χ2n) is 4.43. The van der Waals surface area contributed by atoms with E-state index in [9.17, 15) is 0 Å². The van der Waals surface area contributed by atoms with Crippen LogP contribution in [-0.4, -0.2) is 36.0 Å². The first-order valence-corrected chi connectivity index (χ1v) is 7.32. The van der Waals surface area contributed by atoms with Gasteiger partial charge < -0.3 is 9.64 Å². The van der Waals surface area contributed by atoms with Gasteiger partial charge in [0.05, 0.1) is 0 Å². The molecule has 2 nitrogen and oxygen atoms in total. The number of piperidine rings is 1. The van der Waals surface area contributed by atoms with Crippen LogP contribution < -0.4 is 0 Å². The number of hydrogen-bond acceptors (Lipinski definition) is 2. The van der Waals surface area contributed by atoms with E-state index in [1.165, 1.54) is 13.1 Å². The summed E-state index contributed by atoms with van der Waals surface area (Å²) in [6, 6.07) is 0. The Bertz CT molecular complexity index is 267. The van der Waals surface area contributed by atoms with Gasteiger partial charge >= 0.3 is 0 Å². The lowest BCUT2D eigenvalue weighted by Crippen LogP contribution is -2.37. The number of likely N-dealkylation sites (tertiary alicyclic amines) is 1. The first-order chi connectivity index (χ1) is 7.88. The fourth-order valence-electron chi connectivity index (χ4n) is 2.24. The van der Waals surface area contributed by atoms with Crippen LogP contribution in [0.1, 0.15) is 25.7 Å². The molecule has 1 fully saturated rings. The molecule has 0 atom stereocenters. The highest BCUT2D eigenvalue weighted by Gasteiger charge is 2.20. The predicted octanol–water partition coefficient (Wildman–Crippen LogP) is 3.10. The first-order valence-electron chi connectivity index (χ1n) is 6.20. The van der Waals surface area contributed by atoms with E-state index in [0.29, 0.717) is 6.10 Å². The molecule has 0 saturated carbocycles. The summed E-state index contributed by atoms with van der Waals surface area (Å²) in [6.45, 7) is 3.51. The summed E-state index contributed by atoms with van der Waals surface area (Å²) in [7, 11) is 0. The lowest BCUT2D eigenvalue weighted by molar-refractivity contribution is 0.0573. The molecule has 2 aliphatic rings. The highest BCUT2D eigenvalue weighted by Crippen LogP contribution is 2.19. The van der Waals surface area contributed by atoms with Crippen LogP contribution in [0.2, 0.25) is 0 Å². The molecule has 1 heterocycles. The fourth-order valence-corrected chi connectivity index (χ4v) is 2.74. The van der Waals surface area contributed by atoms with E-state index in [4.69, 9.17) is 4.74 Å². The van der Waals surface area contributed by atoms with E-state index < -0.39 is 0 Å². The third-order valence-electron chi connectivity index (χ3n) is 3.20. The molecule has 1 saturated heterocycles. The molecule has 0 amide bonds. The lowest BCUT2D eigenvalue weighted by Gasteiger charge is -2.32. The number of allylic oxidation sites excluding steroid dienone is 3. The topological polar surface area (TPSA) is 12.5 Å². The van der Waals surface area contributed by atoms with Crippen molar-refractivity contribution >= 4 is 15.9 Å². The Kier molecular flexibility index (Phi) is 4.91. The van der Waals surface area contributed by atoms with Crippen molar-refractivity contribution in [3.8, 4) is 0 Å². The minimum absolute atomic E-state index is 0.431. The zero-order valence-electron chi connectivity index (χ0n) is 9.70. The Morgan fingerprint density at radius 1 is 1.31 bits per heavy atom. The van der Waals surface area contributed by atoms with Crippen LogP contribution in [-0.2, 0) is 4.74 Å². The molecule has 0 aromatic rings. The number of rotatable bonds is 4. The zero-order valence-corrected chi connectivity index (χ0v) is 11.3. The molecular formula is C13H20BrNO. The van der Waals surface area contributed by atoms with E-state index in [0.717, 1.165) is 43.3 Å². The third-order valence-corrected chi connectivity index (χ3v) is 3.55. The van der Waals surface area contributed by atoms with Gasteiger partial charge in [-0.05, 0) is 37.8 Å².